The van der Waals surface area contributed by atoms with Crippen molar-refractivity contribution in [3.05, 3.63) is 0 Å². The van der Waals surface area contributed by atoms with E-state index in [-0.39, 0.29) is 6.41 Å². The molecule has 0 bridgehead atoms. The Bertz CT molecular complexity index is 53.6. The number of carbonyl (C=O) groups is 1. The van der Waals surface area contributed by atoms with Crippen LogP contribution in [-0.4, -0.2) is 20.0 Å². The first-order valence-corrected chi connectivity index (χ1v) is 3.63. The van der Waals surface area contributed by atoms with Gasteiger partial charge >= 0.3 is 0 Å². The second-order valence-corrected chi connectivity index (χ2v) is 1.95. The number of rotatable bonds is 4. The molecular weight excluding hydrogens is 128 g/mol. The van der Waals surface area contributed by atoms with Crippen molar-refractivity contribution in [2.45, 2.75) is 26.2 Å². The van der Waals surface area contributed by atoms with Gasteiger partial charge in [-0.1, -0.05) is 19.8 Å². The maximum atomic E-state index is 8.58. The summed E-state index contributed by atoms with van der Waals surface area (Å²) in [6, 6.07) is 0. The van der Waals surface area contributed by atoms with Crippen LogP contribution in [0.1, 0.15) is 26.2 Å². The number of amides is 1. The average molecular weight is 146 g/mol. The van der Waals surface area contributed by atoms with Crippen molar-refractivity contribution in [2.75, 3.05) is 13.6 Å². The van der Waals surface area contributed by atoms with Gasteiger partial charge in [0.05, 0.1) is 0 Å². The Hall–Kier alpha value is -0.570. The summed E-state index contributed by atoms with van der Waals surface area (Å²) in [5.41, 5.74) is 4.17. The molecule has 0 aromatic rings. The molecule has 3 nitrogen and oxygen atoms in total. The zero-order chi connectivity index (χ0) is 8.24. The maximum absolute atomic E-state index is 8.58. The van der Waals surface area contributed by atoms with Crippen LogP contribution >= 0.6 is 0 Å². The van der Waals surface area contributed by atoms with Crippen LogP contribution in [0.3, 0.4) is 0 Å². The van der Waals surface area contributed by atoms with Crippen molar-refractivity contribution in [1.82, 2.24) is 5.32 Å². The fraction of sp³-hybridized carbons (Fsp3) is 0.857. The van der Waals surface area contributed by atoms with Crippen LogP contribution in [0, 0.1) is 0 Å². The van der Waals surface area contributed by atoms with Gasteiger partial charge in [0.25, 0.3) is 0 Å². The highest BCUT2D eigenvalue weighted by Crippen LogP contribution is 1.89. The maximum Gasteiger partial charge on any atom is 0.204 e. The lowest BCUT2D eigenvalue weighted by molar-refractivity contribution is -0.106. The van der Waals surface area contributed by atoms with E-state index in [1.807, 2.05) is 7.05 Å². The van der Waals surface area contributed by atoms with Gasteiger partial charge < -0.3 is 11.1 Å². The minimum atomic E-state index is 0.250. The van der Waals surface area contributed by atoms with Crippen LogP contribution in [0.5, 0.6) is 0 Å². The molecule has 0 atom stereocenters. The highest BCUT2D eigenvalue weighted by Gasteiger charge is 1.78. The third-order valence-electron chi connectivity index (χ3n) is 1.03. The summed E-state index contributed by atoms with van der Waals surface area (Å²) >= 11 is 0. The summed E-state index contributed by atoms with van der Waals surface area (Å²) in [4.78, 5) is 8.58. The molecule has 1 amide bonds. The first-order valence-electron chi connectivity index (χ1n) is 3.63. The van der Waals surface area contributed by atoms with Crippen molar-refractivity contribution < 1.29 is 4.79 Å². The number of nitrogens with one attached hydrogen (secondary N) is 1. The van der Waals surface area contributed by atoms with Gasteiger partial charge in [0.15, 0.2) is 0 Å². The van der Waals surface area contributed by atoms with E-state index in [4.69, 9.17) is 4.79 Å². The van der Waals surface area contributed by atoms with Crippen LogP contribution in [0.15, 0.2) is 0 Å². The molecule has 3 heteroatoms. The summed E-state index contributed by atoms with van der Waals surface area (Å²) in [6.07, 6.45) is 4.26. The predicted molar refractivity (Wildman–Crippen MR) is 43.7 cm³/mol. The van der Waals surface area contributed by atoms with E-state index < -0.39 is 0 Å². The van der Waals surface area contributed by atoms with Crippen molar-refractivity contribution in [2.24, 2.45) is 5.73 Å². The Morgan fingerprint density at radius 2 is 2.00 bits per heavy atom. The van der Waals surface area contributed by atoms with E-state index in [0.29, 0.717) is 0 Å². The number of primary amides is 1. The number of hydrogen-bond donors (Lipinski definition) is 2. The third-order valence-corrected chi connectivity index (χ3v) is 1.03. The lowest BCUT2D eigenvalue weighted by Crippen LogP contribution is -2.06. The molecule has 0 heterocycles. The Kier molecular flexibility index (Phi) is 19.2. The van der Waals surface area contributed by atoms with Gasteiger partial charge in [0.2, 0.25) is 6.41 Å². The average Bonchev–Trinajstić information content (AvgIpc) is 1.91. The van der Waals surface area contributed by atoms with Crippen LogP contribution in [0.25, 0.3) is 0 Å². The molecule has 0 saturated carbocycles. The Morgan fingerprint density at radius 1 is 1.50 bits per heavy atom. The lowest BCUT2D eigenvalue weighted by Gasteiger charge is -1.93. The highest BCUT2D eigenvalue weighted by atomic mass is 16.1. The quantitative estimate of drug-likeness (QED) is 0.448. The second kappa shape index (κ2) is 15.8. The predicted octanol–water partition coefficient (Wildman–Crippen LogP) is 0.497. The smallest absolute Gasteiger partial charge is 0.204 e. The number of hydrogen-bond acceptors (Lipinski definition) is 2. The van der Waals surface area contributed by atoms with Gasteiger partial charge in [-0.15, -0.1) is 0 Å². The van der Waals surface area contributed by atoms with Crippen LogP contribution in [0.2, 0.25) is 0 Å². The summed E-state index contributed by atoms with van der Waals surface area (Å²) in [5.74, 6) is 0. The van der Waals surface area contributed by atoms with Gasteiger partial charge in [0, 0.05) is 0 Å². The zero-order valence-electron chi connectivity index (χ0n) is 6.89. The van der Waals surface area contributed by atoms with Crippen LogP contribution < -0.4 is 11.1 Å². The van der Waals surface area contributed by atoms with Gasteiger partial charge in [-0.05, 0) is 20.0 Å². The molecule has 0 unspecified atom stereocenters. The SMILES string of the molecule is CCCCCNC.NC=O. The molecule has 3 N–H and O–H groups in total. The van der Waals surface area contributed by atoms with E-state index in [0.717, 1.165) is 0 Å². The molecule has 0 radical (unpaired) electrons. The van der Waals surface area contributed by atoms with E-state index >= 15 is 0 Å². The Labute approximate surface area is 63.0 Å². The number of nitrogens with two attached hydrogens (primary N) is 1. The number of unbranched alkanes of at least 4 members (excludes halogenated alkanes) is 2. The lowest BCUT2D eigenvalue weighted by atomic mass is 10.2. The zero-order valence-corrected chi connectivity index (χ0v) is 6.89. The van der Waals surface area contributed by atoms with Gasteiger partial charge in [0.1, 0.15) is 0 Å². The standard InChI is InChI=1S/C6H15N.CH3NO/c1-3-4-5-6-7-2;2-1-3/h7H,3-6H2,1-2H3;1H,(H2,2,3). The molecule has 62 valence electrons. The van der Waals surface area contributed by atoms with E-state index in [2.05, 4.69) is 18.0 Å². The molecule has 10 heavy (non-hydrogen) atoms. The van der Waals surface area contributed by atoms with Crippen molar-refractivity contribution in [1.29, 1.82) is 0 Å². The Morgan fingerprint density at radius 3 is 2.30 bits per heavy atom. The summed E-state index contributed by atoms with van der Waals surface area (Å²) in [6.45, 7) is 3.39. The van der Waals surface area contributed by atoms with Crippen molar-refractivity contribution in [3.63, 3.8) is 0 Å². The van der Waals surface area contributed by atoms with Gasteiger partial charge in [-0.3, -0.25) is 4.79 Å². The van der Waals surface area contributed by atoms with E-state index in [1.54, 1.807) is 0 Å². The van der Waals surface area contributed by atoms with Crippen molar-refractivity contribution in [3.8, 4) is 0 Å². The fourth-order valence-electron chi connectivity index (χ4n) is 0.552. The molecule has 0 aliphatic heterocycles. The Balaban J connectivity index is 0. The monoisotopic (exact) mass is 146 g/mol. The molecule has 0 aromatic heterocycles. The van der Waals surface area contributed by atoms with Crippen molar-refractivity contribution >= 4 is 6.41 Å². The topological polar surface area (TPSA) is 55.1 Å². The molecule has 0 aliphatic carbocycles. The molecule has 0 rings (SSSR count). The summed E-state index contributed by atoms with van der Waals surface area (Å²) < 4.78 is 0. The summed E-state index contributed by atoms with van der Waals surface area (Å²) in [7, 11) is 2.00. The molecule has 0 aromatic carbocycles. The fourth-order valence-corrected chi connectivity index (χ4v) is 0.552. The normalized spacial score (nSPS) is 7.80. The minimum Gasteiger partial charge on any atom is -0.372 e. The molecule has 0 saturated heterocycles. The van der Waals surface area contributed by atoms with Crippen LogP contribution in [-0.2, 0) is 4.79 Å². The minimum absolute atomic E-state index is 0.250. The van der Waals surface area contributed by atoms with Gasteiger partial charge in [-0.2, -0.15) is 0 Å². The number of carbonyl (C=O) groups excluding carboxylic acids is 1. The van der Waals surface area contributed by atoms with Crippen LogP contribution in [0.4, 0.5) is 0 Å². The first kappa shape index (κ1) is 12.1. The van der Waals surface area contributed by atoms with E-state index in [1.165, 1.54) is 25.8 Å². The molecule has 0 fully saturated rings. The highest BCUT2D eigenvalue weighted by molar-refractivity contribution is 5.42. The third kappa shape index (κ3) is 26.1. The molecular formula is C7H18N2O. The van der Waals surface area contributed by atoms with Gasteiger partial charge in [-0.25, -0.2) is 0 Å². The first-order chi connectivity index (χ1) is 4.83. The second-order valence-electron chi connectivity index (χ2n) is 1.95. The summed E-state index contributed by atoms with van der Waals surface area (Å²) in [5, 5.41) is 3.10. The molecule has 0 spiro atoms. The molecule has 0 aliphatic rings. The van der Waals surface area contributed by atoms with E-state index in [9.17, 15) is 0 Å². The largest absolute Gasteiger partial charge is 0.372 e.